The number of halogens is 2. The van der Waals surface area contributed by atoms with Gasteiger partial charge < -0.3 is 10.2 Å². The van der Waals surface area contributed by atoms with Gasteiger partial charge in [-0.05, 0) is 52.5 Å². The highest BCUT2D eigenvalue weighted by Crippen LogP contribution is 2.44. The molecule has 0 bridgehead atoms. The Balaban J connectivity index is 2.55. The zero-order valence-corrected chi connectivity index (χ0v) is 12.8. The molecule has 1 saturated carbocycles. The lowest BCUT2D eigenvalue weighted by Gasteiger charge is -2.43. The van der Waals surface area contributed by atoms with Crippen molar-refractivity contribution in [2.75, 3.05) is 21.1 Å². The molecule has 0 heterocycles. The quantitative estimate of drug-likeness (QED) is 0.910. The van der Waals surface area contributed by atoms with Crippen molar-refractivity contribution in [3.05, 3.63) is 34.9 Å². The molecule has 1 aliphatic rings. The van der Waals surface area contributed by atoms with Gasteiger partial charge in [0.1, 0.15) is 11.6 Å². The van der Waals surface area contributed by atoms with Crippen LogP contribution in [-0.4, -0.2) is 31.6 Å². The van der Waals surface area contributed by atoms with E-state index in [1.807, 2.05) is 14.1 Å². The number of benzene rings is 1. The molecule has 2 rings (SSSR count). The van der Waals surface area contributed by atoms with Crippen LogP contribution in [-0.2, 0) is 0 Å². The third kappa shape index (κ3) is 2.35. The van der Waals surface area contributed by atoms with Gasteiger partial charge in [-0.1, -0.05) is 18.9 Å². The smallest absolute Gasteiger partial charge is 0.133 e. The number of likely N-dealkylation sites (N-methyl/N-ethyl adjacent to an activating group) is 2. The fourth-order valence-corrected chi connectivity index (χ4v) is 3.61. The Kier molecular flexibility index (Phi) is 4.45. The largest absolute Gasteiger partial charge is 0.311 e. The Morgan fingerprint density at radius 3 is 2.30 bits per heavy atom. The summed E-state index contributed by atoms with van der Waals surface area (Å²) in [6.45, 7) is 1.68. The number of aryl methyl sites for hydroxylation is 1. The lowest BCUT2D eigenvalue weighted by atomic mass is 9.81. The van der Waals surface area contributed by atoms with E-state index in [2.05, 4.69) is 10.2 Å². The molecule has 0 saturated heterocycles. The maximum Gasteiger partial charge on any atom is 0.133 e. The van der Waals surface area contributed by atoms with E-state index in [-0.39, 0.29) is 17.1 Å². The molecule has 1 unspecified atom stereocenters. The molecule has 0 spiro atoms. The second kappa shape index (κ2) is 5.78. The molecule has 112 valence electrons. The van der Waals surface area contributed by atoms with E-state index in [0.717, 1.165) is 25.7 Å². The fourth-order valence-electron chi connectivity index (χ4n) is 3.61. The molecule has 1 aromatic rings. The highest BCUT2D eigenvalue weighted by molar-refractivity contribution is 5.32. The van der Waals surface area contributed by atoms with Crippen molar-refractivity contribution < 1.29 is 8.78 Å². The number of nitrogens with one attached hydrogen (secondary N) is 1. The van der Waals surface area contributed by atoms with Crippen molar-refractivity contribution in [3.63, 3.8) is 0 Å². The van der Waals surface area contributed by atoms with Gasteiger partial charge in [0.2, 0.25) is 0 Å². The van der Waals surface area contributed by atoms with Gasteiger partial charge in [-0.2, -0.15) is 0 Å². The molecule has 1 N–H and O–H groups in total. The Bertz CT molecular complexity index is 480. The first kappa shape index (κ1) is 15.4. The number of hydrogen-bond acceptors (Lipinski definition) is 2. The van der Waals surface area contributed by atoms with Crippen LogP contribution in [0.5, 0.6) is 0 Å². The van der Waals surface area contributed by atoms with Gasteiger partial charge in [0.25, 0.3) is 0 Å². The first-order valence-corrected chi connectivity index (χ1v) is 7.23. The summed E-state index contributed by atoms with van der Waals surface area (Å²) >= 11 is 0. The summed E-state index contributed by atoms with van der Waals surface area (Å²) in [5.41, 5.74) is 0.459. The van der Waals surface area contributed by atoms with Gasteiger partial charge in [-0.25, -0.2) is 8.78 Å². The van der Waals surface area contributed by atoms with Crippen molar-refractivity contribution >= 4 is 0 Å². The van der Waals surface area contributed by atoms with Crippen LogP contribution < -0.4 is 5.32 Å². The Morgan fingerprint density at radius 2 is 1.80 bits per heavy atom. The Morgan fingerprint density at radius 1 is 1.20 bits per heavy atom. The van der Waals surface area contributed by atoms with Gasteiger partial charge in [0.15, 0.2) is 0 Å². The summed E-state index contributed by atoms with van der Waals surface area (Å²) in [6, 6.07) is 2.54. The van der Waals surface area contributed by atoms with E-state index < -0.39 is 11.6 Å². The summed E-state index contributed by atoms with van der Waals surface area (Å²) in [5, 5.41) is 3.17. The van der Waals surface area contributed by atoms with Gasteiger partial charge in [0, 0.05) is 11.1 Å². The summed E-state index contributed by atoms with van der Waals surface area (Å²) in [6.07, 6.45) is 4.12. The van der Waals surface area contributed by atoms with Gasteiger partial charge in [-0.3, -0.25) is 0 Å². The monoisotopic (exact) mass is 282 g/mol. The fraction of sp³-hybridized carbons (Fsp3) is 0.625. The second-order valence-electron chi connectivity index (χ2n) is 6.02. The lowest BCUT2D eigenvalue weighted by Crippen LogP contribution is -2.51. The summed E-state index contributed by atoms with van der Waals surface area (Å²) in [4.78, 5) is 2.13. The third-order valence-electron chi connectivity index (χ3n) is 4.79. The van der Waals surface area contributed by atoms with Gasteiger partial charge >= 0.3 is 0 Å². The minimum atomic E-state index is -0.458. The van der Waals surface area contributed by atoms with Crippen LogP contribution in [0.4, 0.5) is 8.78 Å². The first-order valence-electron chi connectivity index (χ1n) is 7.23. The van der Waals surface area contributed by atoms with Crippen LogP contribution in [0.25, 0.3) is 0 Å². The van der Waals surface area contributed by atoms with Crippen LogP contribution >= 0.6 is 0 Å². The second-order valence-corrected chi connectivity index (χ2v) is 6.02. The normalized spacial score (nSPS) is 19.6. The summed E-state index contributed by atoms with van der Waals surface area (Å²) < 4.78 is 28.7. The average molecular weight is 282 g/mol. The van der Waals surface area contributed by atoms with E-state index in [9.17, 15) is 8.78 Å². The first-order chi connectivity index (χ1) is 9.44. The van der Waals surface area contributed by atoms with Crippen molar-refractivity contribution in [2.45, 2.75) is 44.2 Å². The number of nitrogens with zero attached hydrogens (tertiary/aromatic N) is 1. The SMILES string of the molecule is CNC(c1c(F)ccc(C)c1F)C1(N(C)C)CCCC1. The van der Waals surface area contributed by atoms with Crippen LogP contribution in [0, 0.1) is 18.6 Å². The predicted octanol–water partition coefficient (Wildman–Crippen LogP) is 3.41. The van der Waals surface area contributed by atoms with Crippen LogP contribution in [0.1, 0.15) is 42.9 Å². The Hall–Kier alpha value is -1.00. The molecule has 2 nitrogen and oxygen atoms in total. The zero-order valence-electron chi connectivity index (χ0n) is 12.8. The van der Waals surface area contributed by atoms with E-state index in [1.54, 1.807) is 14.0 Å². The van der Waals surface area contributed by atoms with E-state index in [1.165, 1.54) is 12.1 Å². The van der Waals surface area contributed by atoms with Crippen molar-refractivity contribution in [2.24, 2.45) is 0 Å². The average Bonchev–Trinajstić information content (AvgIpc) is 2.89. The summed E-state index contributed by atoms with van der Waals surface area (Å²) in [5.74, 6) is -0.877. The topological polar surface area (TPSA) is 15.3 Å². The molecular formula is C16H24F2N2. The molecule has 20 heavy (non-hydrogen) atoms. The van der Waals surface area contributed by atoms with Crippen molar-refractivity contribution in [1.29, 1.82) is 0 Å². The summed E-state index contributed by atoms with van der Waals surface area (Å²) in [7, 11) is 5.79. The molecule has 1 atom stereocenters. The molecule has 1 aliphatic carbocycles. The maximum absolute atomic E-state index is 14.5. The minimum Gasteiger partial charge on any atom is -0.311 e. The zero-order chi connectivity index (χ0) is 14.9. The Labute approximate surface area is 120 Å². The highest BCUT2D eigenvalue weighted by atomic mass is 19.1. The standard InChI is InChI=1S/C16H24F2N2/c1-11-7-8-12(17)13(14(11)18)15(19-2)16(20(3)4)9-5-6-10-16/h7-8,15,19H,5-6,9-10H2,1-4H3. The van der Waals surface area contributed by atoms with E-state index in [0.29, 0.717) is 5.56 Å². The molecule has 1 fully saturated rings. The highest BCUT2D eigenvalue weighted by Gasteiger charge is 2.45. The van der Waals surface area contributed by atoms with Gasteiger partial charge in [-0.15, -0.1) is 0 Å². The minimum absolute atomic E-state index is 0.183. The molecule has 0 radical (unpaired) electrons. The molecular weight excluding hydrogens is 258 g/mol. The van der Waals surface area contributed by atoms with Crippen molar-refractivity contribution in [1.82, 2.24) is 10.2 Å². The van der Waals surface area contributed by atoms with E-state index in [4.69, 9.17) is 0 Å². The molecule has 0 aromatic heterocycles. The molecule has 0 aliphatic heterocycles. The van der Waals surface area contributed by atoms with Crippen LogP contribution in [0.15, 0.2) is 12.1 Å². The van der Waals surface area contributed by atoms with Crippen LogP contribution in [0.2, 0.25) is 0 Å². The maximum atomic E-state index is 14.5. The number of hydrogen-bond donors (Lipinski definition) is 1. The van der Waals surface area contributed by atoms with Crippen molar-refractivity contribution in [3.8, 4) is 0 Å². The lowest BCUT2D eigenvalue weighted by molar-refractivity contribution is 0.105. The molecule has 1 aromatic carbocycles. The molecule has 0 amide bonds. The third-order valence-corrected chi connectivity index (χ3v) is 4.79. The predicted molar refractivity (Wildman–Crippen MR) is 77.8 cm³/mol. The number of rotatable bonds is 4. The van der Waals surface area contributed by atoms with E-state index >= 15 is 0 Å². The van der Waals surface area contributed by atoms with Crippen LogP contribution in [0.3, 0.4) is 0 Å². The molecule has 4 heteroatoms. The van der Waals surface area contributed by atoms with Gasteiger partial charge in [0.05, 0.1) is 6.04 Å².